The summed E-state index contributed by atoms with van der Waals surface area (Å²) in [6.07, 6.45) is 3.66. The monoisotopic (exact) mass is 326 g/mol. The van der Waals surface area contributed by atoms with E-state index in [-0.39, 0.29) is 10.7 Å². The van der Waals surface area contributed by atoms with Gasteiger partial charge in [0.05, 0.1) is 21.0 Å². The zero-order chi connectivity index (χ0) is 15.8. The molecule has 116 valence electrons. The normalized spacial score (nSPS) is 17.8. The highest BCUT2D eigenvalue weighted by atomic mass is 32.2. The van der Waals surface area contributed by atoms with Crippen LogP contribution in [0.3, 0.4) is 0 Å². The van der Waals surface area contributed by atoms with Crippen molar-refractivity contribution in [3.05, 3.63) is 17.0 Å². The Hall–Kier alpha value is -1.08. The van der Waals surface area contributed by atoms with Crippen LogP contribution < -0.4 is 5.73 Å². The molecule has 0 aromatic carbocycles. The minimum atomic E-state index is -0.162. The fourth-order valence-corrected chi connectivity index (χ4v) is 4.11. The molecule has 1 amide bonds. The maximum Gasteiger partial charge on any atom is 0.257 e. The van der Waals surface area contributed by atoms with Crippen LogP contribution in [0.4, 0.5) is 0 Å². The molecule has 0 unspecified atom stereocenters. The minimum absolute atomic E-state index is 0.0655. The number of rotatable bonds is 3. The van der Waals surface area contributed by atoms with Gasteiger partial charge in [-0.15, -0.1) is 0 Å². The van der Waals surface area contributed by atoms with Gasteiger partial charge in [-0.2, -0.15) is 16.9 Å². The van der Waals surface area contributed by atoms with E-state index in [1.165, 1.54) is 0 Å². The lowest BCUT2D eigenvalue weighted by Crippen LogP contribution is -2.50. The van der Waals surface area contributed by atoms with Gasteiger partial charge in [0.2, 0.25) is 0 Å². The van der Waals surface area contributed by atoms with Crippen molar-refractivity contribution >= 4 is 34.9 Å². The van der Waals surface area contributed by atoms with Crippen LogP contribution in [0.2, 0.25) is 0 Å². The molecule has 0 spiro atoms. The summed E-state index contributed by atoms with van der Waals surface area (Å²) in [6.45, 7) is 5.18. The maximum absolute atomic E-state index is 12.7. The Labute approximate surface area is 135 Å². The average Bonchev–Trinajstić information content (AvgIpc) is 2.71. The second-order valence-electron chi connectivity index (χ2n) is 5.52. The van der Waals surface area contributed by atoms with E-state index in [0.717, 1.165) is 29.8 Å². The van der Waals surface area contributed by atoms with Gasteiger partial charge in [-0.3, -0.25) is 9.48 Å². The van der Waals surface area contributed by atoms with E-state index in [1.54, 1.807) is 16.4 Å². The molecule has 0 saturated carbocycles. The highest BCUT2D eigenvalue weighted by Gasteiger charge is 2.38. The van der Waals surface area contributed by atoms with Crippen LogP contribution in [-0.2, 0) is 7.05 Å². The van der Waals surface area contributed by atoms with Crippen molar-refractivity contribution in [3.8, 4) is 0 Å². The lowest BCUT2D eigenvalue weighted by molar-refractivity contribution is 0.0717. The van der Waals surface area contributed by atoms with Gasteiger partial charge in [0.1, 0.15) is 0 Å². The fraction of sp³-hybridized carbons (Fsp3) is 0.643. The SMILES string of the molecule is CSC1(C(N)=S)CCN(C(=O)c2c(C)nn(C)c2C)CC1. The van der Waals surface area contributed by atoms with E-state index >= 15 is 0 Å². The average molecular weight is 326 g/mol. The molecule has 1 aromatic rings. The van der Waals surface area contributed by atoms with Gasteiger partial charge in [0.25, 0.3) is 5.91 Å². The molecule has 0 radical (unpaired) electrons. The second kappa shape index (κ2) is 5.96. The Kier molecular flexibility index (Phi) is 4.63. The van der Waals surface area contributed by atoms with E-state index in [4.69, 9.17) is 18.0 Å². The Balaban J connectivity index is 2.16. The standard InChI is InChI=1S/C14H22N4OS2/c1-9-11(10(2)17(3)16-9)12(19)18-7-5-14(21-4,6-8-18)13(15)20/h5-8H2,1-4H3,(H2,15,20). The van der Waals surface area contributed by atoms with Crippen LogP contribution >= 0.6 is 24.0 Å². The first-order valence-corrected chi connectivity index (χ1v) is 8.60. The van der Waals surface area contributed by atoms with Crippen molar-refractivity contribution in [3.63, 3.8) is 0 Å². The van der Waals surface area contributed by atoms with Gasteiger partial charge in [-0.05, 0) is 32.9 Å². The molecular formula is C14H22N4OS2. The van der Waals surface area contributed by atoms with E-state index in [9.17, 15) is 4.79 Å². The molecule has 2 N–H and O–H groups in total. The molecule has 1 saturated heterocycles. The first kappa shape index (κ1) is 16.3. The minimum Gasteiger partial charge on any atom is -0.392 e. The van der Waals surface area contributed by atoms with Crippen molar-refractivity contribution in [1.29, 1.82) is 0 Å². The number of thioether (sulfide) groups is 1. The predicted octanol–water partition coefficient (Wildman–Crippen LogP) is 1.66. The number of carbonyl (C=O) groups excluding carboxylic acids is 1. The molecule has 0 aliphatic carbocycles. The lowest BCUT2D eigenvalue weighted by atomic mass is 9.95. The lowest BCUT2D eigenvalue weighted by Gasteiger charge is -2.40. The van der Waals surface area contributed by atoms with Gasteiger partial charge >= 0.3 is 0 Å². The number of carbonyl (C=O) groups is 1. The number of likely N-dealkylation sites (tertiary alicyclic amines) is 1. The quantitative estimate of drug-likeness (QED) is 0.856. The van der Waals surface area contributed by atoms with E-state index in [1.807, 2.05) is 32.1 Å². The Morgan fingerprint density at radius 3 is 2.33 bits per heavy atom. The molecule has 2 heterocycles. The van der Waals surface area contributed by atoms with Crippen LogP contribution in [0.25, 0.3) is 0 Å². The molecule has 0 bridgehead atoms. The zero-order valence-corrected chi connectivity index (χ0v) is 14.6. The number of amides is 1. The summed E-state index contributed by atoms with van der Waals surface area (Å²) in [5, 5.41) is 4.32. The Bertz CT molecular complexity index is 574. The molecule has 2 rings (SSSR count). The molecule has 1 fully saturated rings. The molecule has 21 heavy (non-hydrogen) atoms. The largest absolute Gasteiger partial charge is 0.392 e. The van der Waals surface area contributed by atoms with Gasteiger partial charge < -0.3 is 10.6 Å². The van der Waals surface area contributed by atoms with Crippen LogP contribution in [-0.4, -0.2) is 49.7 Å². The third-order valence-electron chi connectivity index (χ3n) is 4.42. The summed E-state index contributed by atoms with van der Waals surface area (Å²) in [6, 6.07) is 0. The molecule has 5 nitrogen and oxygen atoms in total. The highest BCUT2D eigenvalue weighted by molar-refractivity contribution is 8.02. The first-order valence-electron chi connectivity index (χ1n) is 6.97. The van der Waals surface area contributed by atoms with Crippen molar-refractivity contribution in [2.75, 3.05) is 19.3 Å². The summed E-state index contributed by atoms with van der Waals surface area (Å²) in [7, 11) is 1.86. The molecule has 0 atom stereocenters. The summed E-state index contributed by atoms with van der Waals surface area (Å²) in [4.78, 5) is 15.2. The smallest absolute Gasteiger partial charge is 0.257 e. The summed E-state index contributed by atoms with van der Waals surface area (Å²) >= 11 is 6.91. The van der Waals surface area contributed by atoms with Crippen molar-refractivity contribution in [2.45, 2.75) is 31.4 Å². The van der Waals surface area contributed by atoms with Crippen molar-refractivity contribution in [1.82, 2.24) is 14.7 Å². The fourth-order valence-electron chi connectivity index (χ4n) is 2.86. The number of nitrogens with zero attached hydrogens (tertiary/aromatic N) is 3. The van der Waals surface area contributed by atoms with Gasteiger partial charge in [0, 0.05) is 25.8 Å². The van der Waals surface area contributed by atoms with Crippen LogP contribution in [0.1, 0.15) is 34.6 Å². The number of aromatic nitrogens is 2. The summed E-state index contributed by atoms with van der Waals surface area (Å²) in [5.74, 6) is 0.0655. The van der Waals surface area contributed by atoms with E-state index in [2.05, 4.69) is 5.10 Å². The molecule has 1 aliphatic heterocycles. The third kappa shape index (κ3) is 2.81. The van der Waals surface area contributed by atoms with Crippen LogP contribution in [0.5, 0.6) is 0 Å². The number of piperidine rings is 1. The van der Waals surface area contributed by atoms with Crippen LogP contribution in [0.15, 0.2) is 0 Å². The Morgan fingerprint density at radius 2 is 1.95 bits per heavy atom. The number of nitrogens with two attached hydrogens (primary N) is 1. The van der Waals surface area contributed by atoms with Gasteiger partial charge in [-0.1, -0.05) is 12.2 Å². The molecule has 7 heteroatoms. The highest BCUT2D eigenvalue weighted by Crippen LogP contribution is 2.35. The van der Waals surface area contributed by atoms with Crippen LogP contribution in [0, 0.1) is 13.8 Å². The summed E-state index contributed by atoms with van der Waals surface area (Å²) < 4.78 is 1.60. The zero-order valence-electron chi connectivity index (χ0n) is 13.0. The molecular weight excluding hydrogens is 304 g/mol. The number of thiocarbonyl (C=S) groups is 1. The Morgan fingerprint density at radius 1 is 1.38 bits per heavy atom. The number of hydrogen-bond acceptors (Lipinski definition) is 4. The van der Waals surface area contributed by atoms with Crippen molar-refractivity contribution in [2.24, 2.45) is 12.8 Å². The van der Waals surface area contributed by atoms with Gasteiger partial charge in [-0.25, -0.2) is 0 Å². The topological polar surface area (TPSA) is 64.2 Å². The first-order chi connectivity index (χ1) is 9.82. The maximum atomic E-state index is 12.7. The van der Waals surface area contributed by atoms with Crippen molar-refractivity contribution < 1.29 is 4.79 Å². The number of aryl methyl sites for hydroxylation is 2. The van der Waals surface area contributed by atoms with E-state index < -0.39 is 0 Å². The van der Waals surface area contributed by atoms with Gasteiger partial charge in [0.15, 0.2) is 0 Å². The summed E-state index contributed by atoms with van der Waals surface area (Å²) in [5.41, 5.74) is 8.32. The van der Waals surface area contributed by atoms with E-state index in [0.29, 0.717) is 18.1 Å². The third-order valence-corrected chi connectivity index (χ3v) is 6.35. The predicted molar refractivity (Wildman–Crippen MR) is 90.9 cm³/mol. The number of hydrogen-bond donors (Lipinski definition) is 1. The molecule has 1 aromatic heterocycles. The second-order valence-corrected chi connectivity index (χ2v) is 7.15. The molecule has 1 aliphatic rings.